The number of benzene rings is 2. The Morgan fingerprint density at radius 1 is 1.14 bits per heavy atom. The predicted molar refractivity (Wildman–Crippen MR) is 88.0 cm³/mol. The summed E-state index contributed by atoms with van der Waals surface area (Å²) in [6, 6.07) is 13.4. The summed E-state index contributed by atoms with van der Waals surface area (Å²) in [5.74, 6) is 0.208. The van der Waals surface area contributed by atoms with E-state index in [2.05, 4.69) is 4.99 Å². The second-order valence-corrected chi connectivity index (χ2v) is 5.36. The van der Waals surface area contributed by atoms with Gasteiger partial charge in [0.15, 0.2) is 0 Å². The van der Waals surface area contributed by atoms with E-state index in [-0.39, 0.29) is 5.88 Å². The van der Waals surface area contributed by atoms with Crippen LogP contribution in [0.3, 0.4) is 0 Å². The maximum atomic E-state index is 10.3. The zero-order valence-corrected chi connectivity index (χ0v) is 12.6. The number of fused-ring (bicyclic) bond motifs is 1. The number of aryl methyl sites for hydroxylation is 1. The predicted octanol–water partition coefficient (Wildman–Crippen LogP) is 4.60. The molecule has 2 aromatic carbocycles. The van der Waals surface area contributed by atoms with Gasteiger partial charge in [0.05, 0.1) is 16.8 Å². The minimum atomic E-state index is 0.208. The van der Waals surface area contributed by atoms with E-state index >= 15 is 0 Å². The molecule has 3 rings (SSSR count). The van der Waals surface area contributed by atoms with E-state index < -0.39 is 0 Å². The van der Waals surface area contributed by atoms with Crippen molar-refractivity contribution in [3.8, 4) is 5.88 Å². The second kappa shape index (κ2) is 5.26. The van der Waals surface area contributed by atoms with E-state index in [1.165, 1.54) is 0 Å². The first-order valence-electron chi connectivity index (χ1n) is 6.65. The molecule has 0 unspecified atom stereocenters. The highest BCUT2D eigenvalue weighted by Crippen LogP contribution is 2.30. The van der Waals surface area contributed by atoms with Crippen molar-refractivity contribution < 1.29 is 5.11 Å². The summed E-state index contributed by atoms with van der Waals surface area (Å²) in [6.45, 7) is 1.93. The van der Waals surface area contributed by atoms with Gasteiger partial charge in [-0.25, -0.2) is 0 Å². The van der Waals surface area contributed by atoms with Crippen LogP contribution in [0.15, 0.2) is 47.5 Å². The average molecular weight is 299 g/mol. The van der Waals surface area contributed by atoms with Gasteiger partial charge in [0.2, 0.25) is 5.88 Å². The minimum absolute atomic E-state index is 0.208. The third-order valence-electron chi connectivity index (χ3n) is 3.69. The molecule has 3 nitrogen and oxygen atoms in total. The summed E-state index contributed by atoms with van der Waals surface area (Å²) in [6.07, 6.45) is 1.69. The van der Waals surface area contributed by atoms with Gasteiger partial charge in [-0.05, 0) is 30.7 Å². The van der Waals surface area contributed by atoms with Gasteiger partial charge in [0.1, 0.15) is 0 Å². The van der Waals surface area contributed by atoms with Gasteiger partial charge in [0.25, 0.3) is 0 Å². The highest BCUT2D eigenvalue weighted by molar-refractivity contribution is 6.31. The molecule has 4 heteroatoms. The molecule has 0 aliphatic rings. The van der Waals surface area contributed by atoms with Crippen molar-refractivity contribution >= 4 is 34.4 Å². The summed E-state index contributed by atoms with van der Waals surface area (Å²) in [5, 5.41) is 11.9. The number of aromatic nitrogens is 1. The SMILES string of the molecule is Cc1c(Cl)cccc1N=Cc1c(O)n(C)c2ccccc12. The second-order valence-electron chi connectivity index (χ2n) is 4.96. The van der Waals surface area contributed by atoms with Crippen molar-refractivity contribution in [1.29, 1.82) is 0 Å². The topological polar surface area (TPSA) is 37.5 Å². The van der Waals surface area contributed by atoms with Crippen molar-refractivity contribution in [2.24, 2.45) is 12.0 Å². The van der Waals surface area contributed by atoms with Crippen LogP contribution in [0.4, 0.5) is 5.69 Å². The van der Waals surface area contributed by atoms with Crippen LogP contribution in [0.2, 0.25) is 5.02 Å². The van der Waals surface area contributed by atoms with Crippen LogP contribution in [0.1, 0.15) is 11.1 Å². The molecule has 0 radical (unpaired) electrons. The van der Waals surface area contributed by atoms with Gasteiger partial charge in [-0.1, -0.05) is 35.9 Å². The Morgan fingerprint density at radius 3 is 2.71 bits per heavy atom. The van der Waals surface area contributed by atoms with Gasteiger partial charge >= 0.3 is 0 Å². The molecule has 0 aliphatic carbocycles. The molecule has 0 bridgehead atoms. The number of aliphatic imine (C=N–C) groups is 1. The fraction of sp³-hybridized carbons (Fsp3) is 0.118. The molecule has 21 heavy (non-hydrogen) atoms. The van der Waals surface area contributed by atoms with Crippen LogP contribution in [-0.4, -0.2) is 15.9 Å². The smallest absolute Gasteiger partial charge is 0.200 e. The van der Waals surface area contributed by atoms with Gasteiger partial charge in [-0.3, -0.25) is 4.99 Å². The molecule has 1 N–H and O–H groups in total. The first kappa shape index (κ1) is 13.7. The zero-order valence-electron chi connectivity index (χ0n) is 11.8. The number of rotatable bonds is 2. The number of nitrogens with zero attached hydrogens (tertiary/aromatic N) is 2. The maximum absolute atomic E-state index is 10.3. The lowest BCUT2D eigenvalue weighted by Crippen LogP contribution is -1.86. The molecule has 0 aliphatic heterocycles. The molecule has 106 valence electrons. The third kappa shape index (κ3) is 2.30. The Kier molecular flexibility index (Phi) is 3.43. The number of hydrogen-bond donors (Lipinski definition) is 1. The number of hydrogen-bond acceptors (Lipinski definition) is 2. The first-order valence-corrected chi connectivity index (χ1v) is 7.03. The van der Waals surface area contributed by atoms with Crippen LogP contribution >= 0.6 is 11.6 Å². The van der Waals surface area contributed by atoms with Crippen LogP contribution < -0.4 is 0 Å². The fourth-order valence-corrected chi connectivity index (χ4v) is 2.58. The van der Waals surface area contributed by atoms with Crippen molar-refractivity contribution in [2.45, 2.75) is 6.92 Å². The highest BCUT2D eigenvalue weighted by atomic mass is 35.5. The standard InChI is InChI=1S/C17H15ClN2O/c1-11-14(18)7-5-8-15(11)19-10-13-12-6-3-4-9-16(12)20(2)17(13)21/h3-10,21H,1-2H3. The lowest BCUT2D eigenvalue weighted by atomic mass is 10.2. The van der Waals surface area contributed by atoms with Gasteiger partial charge < -0.3 is 9.67 Å². The van der Waals surface area contributed by atoms with E-state index in [0.717, 1.165) is 22.2 Å². The summed E-state index contributed by atoms with van der Waals surface area (Å²) in [7, 11) is 1.83. The van der Waals surface area contributed by atoms with Crippen molar-refractivity contribution in [3.63, 3.8) is 0 Å². The monoisotopic (exact) mass is 298 g/mol. The van der Waals surface area contributed by atoms with E-state index in [9.17, 15) is 5.11 Å². The lowest BCUT2D eigenvalue weighted by Gasteiger charge is -2.01. The number of para-hydroxylation sites is 1. The molecule has 0 saturated carbocycles. The summed E-state index contributed by atoms with van der Waals surface area (Å²) in [5.41, 5.74) is 3.41. The molecule has 3 aromatic rings. The minimum Gasteiger partial charge on any atom is -0.494 e. The fourth-order valence-electron chi connectivity index (χ4n) is 2.41. The molecular weight excluding hydrogens is 284 g/mol. The number of aromatic hydroxyl groups is 1. The quantitative estimate of drug-likeness (QED) is 0.690. The van der Waals surface area contributed by atoms with Crippen LogP contribution in [0, 0.1) is 6.92 Å². The number of halogens is 1. The van der Waals surface area contributed by atoms with Crippen LogP contribution in [0.5, 0.6) is 5.88 Å². The van der Waals surface area contributed by atoms with E-state index in [0.29, 0.717) is 10.6 Å². The maximum Gasteiger partial charge on any atom is 0.200 e. The van der Waals surface area contributed by atoms with E-state index in [1.807, 2.05) is 56.4 Å². The van der Waals surface area contributed by atoms with Crippen LogP contribution in [0.25, 0.3) is 10.9 Å². The van der Waals surface area contributed by atoms with E-state index in [4.69, 9.17) is 11.6 Å². The Morgan fingerprint density at radius 2 is 1.90 bits per heavy atom. The van der Waals surface area contributed by atoms with Crippen LogP contribution in [-0.2, 0) is 7.05 Å². The molecule has 0 saturated heterocycles. The highest BCUT2D eigenvalue weighted by Gasteiger charge is 2.12. The summed E-state index contributed by atoms with van der Waals surface area (Å²) < 4.78 is 1.75. The van der Waals surface area contributed by atoms with Crippen molar-refractivity contribution in [1.82, 2.24) is 4.57 Å². The molecule has 0 spiro atoms. The third-order valence-corrected chi connectivity index (χ3v) is 4.10. The molecule has 0 atom stereocenters. The largest absolute Gasteiger partial charge is 0.494 e. The normalized spacial score (nSPS) is 11.6. The average Bonchev–Trinajstić information content (AvgIpc) is 2.73. The lowest BCUT2D eigenvalue weighted by molar-refractivity contribution is 0.434. The molecular formula is C17H15ClN2O. The Balaban J connectivity index is 2.12. The first-order chi connectivity index (χ1) is 10.1. The summed E-state index contributed by atoms with van der Waals surface area (Å²) in [4.78, 5) is 4.48. The van der Waals surface area contributed by atoms with E-state index in [1.54, 1.807) is 10.8 Å². The Labute approximate surface area is 128 Å². The molecule has 1 aromatic heterocycles. The van der Waals surface area contributed by atoms with Crippen molar-refractivity contribution in [3.05, 3.63) is 58.6 Å². The Hall–Kier alpha value is -2.26. The Bertz CT molecular complexity index is 849. The van der Waals surface area contributed by atoms with Gasteiger partial charge in [0, 0.05) is 23.7 Å². The summed E-state index contributed by atoms with van der Waals surface area (Å²) >= 11 is 6.10. The van der Waals surface area contributed by atoms with Crippen molar-refractivity contribution in [2.75, 3.05) is 0 Å². The molecule has 0 amide bonds. The molecule has 0 fully saturated rings. The van der Waals surface area contributed by atoms with Gasteiger partial charge in [-0.15, -0.1) is 0 Å². The van der Waals surface area contributed by atoms with Gasteiger partial charge in [-0.2, -0.15) is 0 Å². The zero-order chi connectivity index (χ0) is 15.0. The molecule has 1 heterocycles.